The Bertz CT molecular complexity index is 376. The lowest BCUT2D eigenvalue weighted by Gasteiger charge is -2.36. The molecule has 1 fully saturated rings. The maximum atomic E-state index is 9.41. The third-order valence-corrected chi connectivity index (χ3v) is 3.87. The first-order chi connectivity index (χ1) is 8.24. The van der Waals surface area contributed by atoms with E-state index in [-0.39, 0.29) is 6.61 Å². The lowest BCUT2D eigenvalue weighted by molar-refractivity contribution is 0.267. The minimum absolute atomic E-state index is 0.1000. The molecule has 17 heavy (non-hydrogen) atoms. The number of aliphatic hydroxyl groups is 1. The zero-order chi connectivity index (χ0) is 12.3. The van der Waals surface area contributed by atoms with Crippen molar-refractivity contribution < 1.29 is 5.11 Å². The number of halogens is 1. The zero-order valence-electron chi connectivity index (χ0n) is 10.2. The molecule has 3 nitrogen and oxygen atoms in total. The fourth-order valence-electron chi connectivity index (χ4n) is 2.29. The quantitative estimate of drug-likeness (QED) is 0.926. The van der Waals surface area contributed by atoms with Crippen LogP contribution in [0.4, 0.5) is 5.69 Å². The van der Waals surface area contributed by atoms with Gasteiger partial charge in [0.15, 0.2) is 0 Å². The van der Waals surface area contributed by atoms with Crippen LogP contribution in [0.15, 0.2) is 22.7 Å². The topological polar surface area (TPSA) is 26.7 Å². The Morgan fingerprint density at radius 3 is 2.53 bits per heavy atom. The summed E-state index contributed by atoms with van der Waals surface area (Å²) in [6.45, 7) is 7.73. The molecule has 0 unspecified atom stereocenters. The third kappa shape index (κ3) is 3.00. The van der Waals surface area contributed by atoms with E-state index in [1.54, 1.807) is 0 Å². The molecule has 0 radical (unpaired) electrons. The average Bonchev–Trinajstić information content (AvgIpc) is 2.39. The molecule has 1 N–H and O–H groups in total. The molecule has 4 heteroatoms. The Balaban J connectivity index is 2.12. The van der Waals surface area contributed by atoms with Crippen molar-refractivity contribution in [1.82, 2.24) is 4.90 Å². The summed E-state index contributed by atoms with van der Waals surface area (Å²) in [5.41, 5.74) is 2.18. The van der Waals surface area contributed by atoms with Gasteiger partial charge in [-0.3, -0.25) is 0 Å². The van der Waals surface area contributed by atoms with Gasteiger partial charge in [-0.05, 0) is 24.7 Å². The van der Waals surface area contributed by atoms with Gasteiger partial charge >= 0.3 is 0 Å². The first-order valence-corrected chi connectivity index (χ1v) is 6.90. The molecular formula is C13H19BrN2O. The van der Waals surface area contributed by atoms with Crippen molar-refractivity contribution in [3.8, 4) is 0 Å². The average molecular weight is 299 g/mol. The summed E-state index contributed by atoms with van der Waals surface area (Å²) in [6, 6.07) is 6.14. The highest BCUT2D eigenvalue weighted by atomic mass is 79.9. The van der Waals surface area contributed by atoms with E-state index < -0.39 is 0 Å². The highest BCUT2D eigenvalue weighted by molar-refractivity contribution is 9.10. The minimum Gasteiger partial charge on any atom is -0.392 e. The number of hydrogen-bond donors (Lipinski definition) is 1. The van der Waals surface area contributed by atoms with E-state index in [4.69, 9.17) is 0 Å². The van der Waals surface area contributed by atoms with Gasteiger partial charge in [0.05, 0.1) is 6.61 Å². The second kappa shape index (κ2) is 5.85. The van der Waals surface area contributed by atoms with Gasteiger partial charge in [-0.2, -0.15) is 0 Å². The van der Waals surface area contributed by atoms with Crippen LogP contribution in [0.2, 0.25) is 0 Å². The number of hydrogen-bond acceptors (Lipinski definition) is 3. The summed E-state index contributed by atoms with van der Waals surface area (Å²) in [6.07, 6.45) is 0. The molecule has 1 aromatic carbocycles. The van der Waals surface area contributed by atoms with Gasteiger partial charge in [0.25, 0.3) is 0 Å². The summed E-state index contributed by atoms with van der Waals surface area (Å²) in [7, 11) is 0. The number of benzene rings is 1. The van der Waals surface area contributed by atoms with Gasteiger partial charge in [0.1, 0.15) is 0 Å². The second-order valence-corrected chi connectivity index (χ2v) is 5.27. The lowest BCUT2D eigenvalue weighted by atomic mass is 10.1. The molecule has 1 saturated heterocycles. The third-order valence-electron chi connectivity index (χ3n) is 3.37. The Labute approximate surface area is 111 Å². The molecule has 0 bridgehead atoms. The van der Waals surface area contributed by atoms with Crippen LogP contribution in [0.3, 0.4) is 0 Å². The van der Waals surface area contributed by atoms with Gasteiger partial charge in [0, 0.05) is 41.9 Å². The maximum Gasteiger partial charge on any atom is 0.0702 e. The van der Waals surface area contributed by atoms with Crippen LogP contribution in [-0.2, 0) is 6.61 Å². The van der Waals surface area contributed by atoms with Gasteiger partial charge < -0.3 is 14.9 Å². The molecule has 94 valence electrons. The summed E-state index contributed by atoms with van der Waals surface area (Å²) in [5, 5.41) is 9.41. The number of rotatable bonds is 3. The molecule has 1 aromatic rings. The number of nitrogens with zero attached hydrogens (tertiary/aromatic N) is 2. The molecule has 1 heterocycles. The molecule has 2 rings (SSSR count). The largest absolute Gasteiger partial charge is 0.392 e. The Kier molecular flexibility index (Phi) is 4.42. The number of aliphatic hydroxyl groups excluding tert-OH is 1. The summed E-state index contributed by atoms with van der Waals surface area (Å²) < 4.78 is 1.03. The summed E-state index contributed by atoms with van der Waals surface area (Å²) in [5.74, 6) is 0. The normalized spacial score (nSPS) is 17.5. The predicted octanol–water partition coefficient (Wildman–Crippen LogP) is 2.08. The van der Waals surface area contributed by atoms with E-state index in [0.29, 0.717) is 0 Å². The van der Waals surface area contributed by atoms with E-state index in [2.05, 4.69) is 38.7 Å². The standard InChI is InChI=1S/C13H19BrN2O/c1-2-15-5-7-16(8-6-15)13-4-3-12(14)9-11(13)10-17/h3-4,9,17H,2,5-8,10H2,1H3. The SMILES string of the molecule is CCN1CCN(c2ccc(Br)cc2CO)CC1. The molecule has 0 atom stereocenters. The molecule has 0 amide bonds. The van der Waals surface area contributed by atoms with Crippen LogP contribution in [0.5, 0.6) is 0 Å². The Hall–Kier alpha value is -0.580. The van der Waals surface area contributed by atoms with E-state index in [1.807, 2.05) is 12.1 Å². The molecule has 1 aliphatic rings. The van der Waals surface area contributed by atoms with E-state index in [1.165, 1.54) is 5.69 Å². The molecule has 0 aromatic heterocycles. The zero-order valence-corrected chi connectivity index (χ0v) is 11.8. The van der Waals surface area contributed by atoms with Crippen molar-refractivity contribution in [3.05, 3.63) is 28.2 Å². The van der Waals surface area contributed by atoms with Crippen molar-refractivity contribution in [2.45, 2.75) is 13.5 Å². The van der Waals surface area contributed by atoms with Gasteiger partial charge in [0.2, 0.25) is 0 Å². The van der Waals surface area contributed by atoms with E-state index in [0.717, 1.165) is 42.8 Å². The highest BCUT2D eigenvalue weighted by Crippen LogP contribution is 2.25. The molecule has 0 spiro atoms. The highest BCUT2D eigenvalue weighted by Gasteiger charge is 2.17. The Morgan fingerprint density at radius 2 is 1.94 bits per heavy atom. The first kappa shape index (κ1) is 12.9. The molecule has 0 saturated carbocycles. The fraction of sp³-hybridized carbons (Fsp3) is 0.538. The molecule has 0 aliphatic carbocycles. The second-order valence-electron chi connectivity index (χ2n) is 4.35. The minimum atomic E-state index is 0.1000. The van der Waals surface area contributed by atoms with Crippen LogP contribution < -0.4 is 4.90 Å². The predicted molar refractivity (Wildman–Crippen MR) is 74.4 cm³/mol. The van der Waals surface area contributed by atoms with Crippen LogP contribution in [-0.4, -0.2) is 42.7 Å². The van der Waals surface area contributed by atoms with E-state index in [9.17, 15) is 5.11 Å². The fourth-order valence-corrected chi connectivity index (χ4v) is 2.70. The number of piperazine rings is 1. The van der Waals surface area contributed by atoms with Crippen molar-refractivity contribution in [3.63, 3.8) is 0 Å². The molecular weight excluding hydrogens is 280 g/mol. The van der Waals surface area contributed by atoms with Gasteiger partial charge in [-0.25, -0.2) is 0 Å². The number of likely N-dealkylation sites (N-methyl/N-ethyl adjacent to an activating group) is 1. The van der Waals surface area contributed by atoms with Crippen LogP contribution >= 0.6 is 15.9 Å². The summed E-state index contributed by atoms with van der Waals surface area (Å²) >= 11 is 3.44. The monoisotopic (exact) mass is 298 g/mol. The first-order valence-electron chi connectivity index (χ1n) is 6.11. The van der Waals surface area contributed by atoms with Crippen molar-refractivity contribution in [2.75, 3.05) is 37.6 Å². The maximum absolute atomic E-state index is 9.41. The summed E-state index contributed by atoms with van der Waals surface area (Å²) in [4.78, 5) is 4.82. The van der Waals surface area contributed by atoms with Gasteiger partial charge in [-0.1, -0.05) is 22.9 Å². The Morgan fingerprint density at radius 1 is 1.24 bits per heavy atom. The van der Waals surface area contributed by atoms with Crippen molar-refractivity contribution in [1.29, 1.82) is 0 Å². The van der Waals surface area contributed by atoms with E-state index >= 15 is 0 Å². The van der Waals surface area contributed by atoms with Crippen molar-refractivity contribution in [2.24, 2.45) is 0 Å². The van der Waals surface area contributed by atoms with Crippen molar-refractivity contribution >= 4 is 21.6 Å². The van der Waals surface area contributed by atoms with Crippen LogP contribution in [0.25, 0.3) is 0 Å². The molecule has 1 aliphatic heterocycles. The van der Waals surface area contributed by atoms with Crippen LogP contribution in [0, 0.1) is 0 Å². The smallest absolute Gasteiger partial charge is 0.0702 e. The lowest BCUT2D eigenvalue weighted by Crippen LogP contribution is -2.46. The number of anilines is 1. The van der Waals surface area contributed by atoms with Crippen LogP contribution in [0.1, 0.15) is 12.5 Å². The van der Waals surface area contributed by atoms with Gasteiger partial charge in [-0.15, -0.1) is 0 Å².